The van der Waals surface area contributed by atoms with Crippen LogP contribution in [0.4, 0.5) is 5.69 Å². The van der Waals surface area contributed by atoms with Crippen LogP contribution >= 0.6 is 0 Å². The van der Waals surface area contributed by atoms with Gasteiger partial charge in [0.15, 0.2) is 0 Å². The van der Waals surface area contributed by atoms with Crippen LogP contribution in [0.1, 0.15) is 29.6 Å². The quantitative estimate of drug-likeness (QED) is 0.529. The summed E-state index contributed by atoms with van der Waals surface area (Å²) in [6, 6.07) is 3.82. The number of hydrogen-bond donors (Lipinski definition) is 3. The molecule has 1 saturated carbocycles. The lowest BCUT2D eigenvalue weighted by atomic mass is 9.81. The highest BCUT2D eigenvalue weighted by Gasteiger charge is 2.35. The summed E-state index contributed by atoms with van der Waals surface area (Å²) in [6.45, 7) is -0.0481. The Morgan fingerprint density at radius 2 is 2.14 bits per heavy atom. The number of carbonyl (C=O) groups excluding carboxylic acids is 1. The molecule has 4 N–H and O–H groups in total. The molecule has 0 aliphatic heterocycles. The summed E-state index contributed by atoms with van der Waals surface area (Å²) in [6.07, 6.45) is 2.03. The molecular formula is C13H18N2O5S. The number of hydrogen-bond acceptors (Lipinski definition) is 6. The molecule has 8 heteroatoms. The summed E-state index contributed by atoms with van der Waals surface area (Å²) < 4.78 is 31.2. The number of nitrogens with two attached hydrogens (primary N) is 1. The third-order valence-corrected chi connectivity index (χ3v) is 5.07. The number of sulfonamides is 1. The van der Waals surface area contributed by atoms with Gasteiger partial charge in [0.2, 0.25) is 10.0 Å². The fraction of sp³-hybridized carbons (Fsp3) is 0.462. The average Bonchev–Trinajstić information content (AvgIpc) is 2.41. The van der Waals surface area contributed by atoms with Gasteiger partial charge in [-0.15, -0.1) is 0 Å². The smallest absolute Gasteiger partial charge is 0.337 e. The first-order chi connectivity index (χ1) is 9.77. The van der Waals surface area contributed by atoms with E-state index < -0.39 is 21.6 Å². The molecule has 0 aromatic heterocycles. The fourth-order valence-corrected chi connectivity index (χ4v) is 3.34. The van der Waals surface area contributed by atoms with Crippen LogP contribution in [0.5, 0.6) is 0 Å². The molecule has 116 valence electrons. The summed E-state index contributed by atoms with van der Waals surface area (Å²) in [5.41, 5.74) is 4.85. The molecule has 1 aromatic rings. The summed E-state index contributed by atoms with van der Waals surface area (Å²) >= 11 is 0. The van der Waals surface area contributed by atoms with E-state index in [4.69, 9.17) is 5.73 Å². The Kier molecular flexibility index (Phi) is 4.22. The lowest BCUT2D eigenvalue weighted by Gasteiger charge is -2.36. The molecular weight excluding hydrogens is 296 g/mol. The van der Waals surface area contributed by atoms with Crippen molar-refractivity contribution in [2.24, 2.45) is 0 Å². The van der Waals surface area contributed by atoms with Crippen molar-refractivity contribution in [3.8, 4) is 0 Å². The van der Waals surface area contributed by atoms with Gasteiger partial charge in [0.05, 0.1) is 24.0 Å². The number of rotatable bonds is 5. The van der Waals surface area contributed by atoms with E-state index in [1.807, 2.05) is 0 Å². The van der Waals surface area contributed by atoms with Crippen LogP contribution in [0.3, 0.4) is 0 Å². The molecule has 0 bridgehead atoms. The molecule has 0 saturated heterocycles. The minimum Gasteiger partial charge on any atom is -0.465 e. The van der Waals surface area contributed by atoms with Crippen molar-refractivity contribution in [1.82, 2.24) is 4.72 Å². The Labute approximate surface area is 123 Å². The van der Waals surface area contributed by atoms with Gasteiger partial charge in [0.25, 0.3) is 0 Å². The van der Waals surface area contributed by atoms with Crippen LogP contribution in [0.25, 0.3) is 0 Å². The van der Waals surface area contributed by atoms with Crippen molar-refractivity contribution < 1.29 is 23.1 Å². The third kappa shape index (κ3) is 3.34. The van der Waals surface area contributed by atoms with Crippen molar-refractivity contribution in [3.05, 3.63) is 23.8 Å². The minimum atomic E-state index is -3.84. The van der Waals surface area contributed by atoms with Crippen molar-refractivity contribution >= 4 is 21.7 Å². The van der Waals surface area contributed by atoms with Gasteiger partial charge in [-0.2, -0.15) is 0 Å². The topological polar surface area (TPSA) is 119 Å². The molecule has 1 aliphatic carbocycles. The summed E-state index contributed by atoms with van der Waals surface area (Å²) in [4.78, 5) is 11.2. The Morgan fingerprint density at radius 1 is 1.48 bits per heavy atom. The van der Waals surface area contributed by atoms with Crippen LogP contribution in [0.2, 0.25) is 0 Å². The van der Waals surface area contributed by atoms with Gasteiger partial charge in [-0.25, -0.2) is 17.9 Å². The minimum absolute atomic E-state index is 0.0481. The van der Waals surface area contributed by atoms with Crippen molar-refractivity contribution in [2.75, 3.05) is 19.4 Å². The van der Waals surface area contributed by atoms with Gasteiger partial charge >= 0.3 is 5.97 Å². The monoisotopic (exact) mass is 314 g/mol. The van der Waals surface area contributed by atoms with Crippen LogP contribution in [0, 0.1) is 0 Å². The number of ether oxygens (including phenoxy) is 1. The molecule has 2 rings (SSSR count). The van der Waals surface area contributed by atoms with Crippen molar-refractivity contribution in [3.63, 3.8) is 0 Å². The van der Waals surface area contributed by atoms with E-state index in [0.29, 0.717) is 12.8 Å². The van der Waals surface area contributed by atoms with Gasteiger partial charge in [0, 0.05) is 6.54 Å². The highest BCUT2D eigenvalue weighted by Crippen LogP contribution is 2.31. The van der Waals surface area contributed by atoms with Gasteiger partial charge in [-0.05, 0) is 37.5 Å². The number of aliphatic hydroxyl groups is 1. The molecule has 0 unspecified atom stereocenters. The van der Waals surface area contributed by atoms with Crippen LogP contribution < -0.4 is 10.5 Å². The lowest BCUT2D eigenvalue weighted by Crippen LogP contribution is -2.47. The lowest BCUT2D eigenvalue weighted by molar-refractivity contribution is -0.0270. The van der Waals surface area contributed by atoms with E-state index in [9.17, 15) is 18.3 Å². The van der Waals surface area contributed by atoms with Gasteiger partial charge in [0.1, 0.15) is 4.90 Å². The van der Waals surface area contributed by atoms with Crippen molar-refractivity contribution in [1.29, 1.82) is 0 Å². The number of anilines is 1. The molecule has 1 aromatic carbocycles. The van der Waals surface area contributed by atoms with E-state index >= 15 is 0 Å². The highest BCUT2D eigenvalue weighted by atomic mass is 32.2. The predicted octanol–water partition coefficient (Wildman–Crippen LogP) is 0.249. The maximum atomic E-state index is 12.2. The zero-order valence-corrected chi connectivity index (χ0v) is 12.4. The maximum Gasteiger partial charge on any atom is 0.337 e. The van der Waals surface area contributed by atoms with E-state index in [2.05, 4.69) is 9.46 Å². The molecule has 21 heavy (non-hydrogen) atoms. The van der Waals surface area contributed by atoms with E-state index in [1.165, 1.54) is 25.3 Å². The Morgan fingerprint density at radius 3 is 2.62 bits per heavy atom. The molecule has 0 radical (unpaired) electrons. The normalized spacial score (nSPS) is 17.0. The van der Waals surface area contributed by atoms with Crippen LogP contribution in [0.15, 0.2) is 23.1 Å². The highest BCUT2D eigenvalue weighted by molar-refractivity contribution is 7.89. The number of nitrogen functional groups attached to an aromatic ring is 1. The molecule has 0 atom stereocenters. The fourth-order valence-electron chi connectivity index (χ4n) is 2.11. The number of benzene rings is 1. The predicted molar refractivity (Wildman–Crippen MR) is 76.2 cm³/mol. The second kappa shape index (κ2) is 5.63. The Hall–Kier alpha value is -1.64. The molecule has 7 nitrogen and oxygen atoms in total. The molecule has 1 aliphatic rings. The van der Waals surface area contributed by atoms with E-state index in [-0.39, 0.29) is 22.7 Å². The summed E-state index contributed by atoms with van der Waals surface area (Å²) in [5.74, 6) is -0.595. The zero-order valence-electron chi connectivity index (χ0n) is 11.6. The standard InChI is InChI=1S/C13H18N2O5S/c1-20-12(16)9-3-4-11(10(14)7-9)21(18,19)15-8-13(17)5-2-6-13/h3-4,7,15,17H,2,5-6,8,14H2,1H3. The maximum absolute atomic E-state index is 12.2. The first-order valence-electron chi connectivity index (χ1n) is 6.47. The number of esters is 1. The number of nitrogens with one attached hydrogen (secondary N) is 1. The second-order valence-electron chi connectivity index (χ2n) is 5.15. The molecule has 1 fully saturated rings. The largest absolute Gasteiger partial charge is 0.465 e. The average molecular weight is 314 g/mol. The first-order valence-corrected chi connectivity index (χ1v) is 7.96. The first kappa shape index (κ1) is 15.7. The Bertz CT molecular complexity index is 653. The SMILES string of the molecule is COC(=O)c1ccc(S(=O)(=O)NCC2(O)CCC2)c(N)c1. The van der Waals surface area contributed by atoms with Gasteiger partial charge in [-0.3, -0.25) is 0 Å². The van der Waals surface area contributed by atoms with Gasteiger partial charge in [-0.1, -0.05) is 0 Å². The second-order valence-corrected chi connectivity index (χ2v) is 6.88. The van der Waals surface area contributed by atoms with Gasteiger partial charge < -0.3 is 15.6 Å². The van der Waals surface area contributed by atoms with Crippen LogP contribution in [-0.2, 0) is 14.8 Å². The molecule has 0 heterocycles. The Balaban J connectivity index is 2.18. The number of methoxy groups -OCH3 is 1. The van der Waals surface area contributed by atoms with E-state index in [0.717, 1.165) is 6.42 Å². The van der Waals surface area contributed by atoms with Crippen molar-refractivity contribution in [2.45, 2.75) is 29.8 Å². The third-order valence-electron chi connectivity index (χ3n) is 3.60. The van der Waals surface area contributed by atoms with Crippen LogP contribution in [-0.4, -0.2) is 38.7 Å². The van der Waals surface area contributed by atoms with E-state index in [1.54, 1.807) is 0 Å². The molecule has 0 spiro atoms. The summed E-state index contributed by atoms with van der Waals surface area (Å²) in [7, 11) is -2.61. The zero-order chi connectivity index (χ0) is 15.7. The summed E-state index contributed by atoms with van der Waals surface area (Å²) in [5, 5.41) is 9.92. The number of carbonyl (C=O) groups is 1. The molecule has 0 amide bonds.